The molecule has 0 heterocycles. The molecule has 0 bridgehead atoms. The zero-order valence-corrected chi connectivity index (χ0v) is 13.1. The predicted octanol–water partition coefficient (Wildman–Crippen LogP) is 3.56. The highest BCUT2D eigenvalue weighted by Crippen LogP contribution is 2.34. The van der Waals surface area contributed by atoms with Crippen molar-refractivity contribution in [3.05, 3.63) is 35.1 Å². The van der Waals surface area contributed by atoms with Gasteiger partial charge in [-0.2, -0.15) is 0 Å². The van der Waals surface area contributed by atoms with Crippen LogP contribution in [-0.2, 0) is 13.1 Å². The van der Waals surface area contributed by atoms with Gasteiger partial charge in [0.2, 0.25) is 0 Å². The lowest BCUT2D eigenvalue weighted by molar-refractivity contribution is 0.241. The topological polar surface area (TPSA) is 15.3 Å². The molecule has 3 rings (SSSR count). The number of benzene rings is 1. The van der Waals surface area contributed by atoms with E-state index >= 15 is 0 Å². The van der Waals surface area contributed by atoms with Crippen LogP contribution in [0.15, 0.2) is 18.2 Å². The average molecular weight is 290 g/mol. The maximum atomic E-state index is 14.1. The van der Waals surface area contributed by atoms with E-state index in [0.29, 0.717) is 0 Å². The Kier molecular flexibility index (Phi) is 4.91. The Hall–Kier alpha value is -0.930. The maximum absolute atomic E-state index is 14.1. The van der Waals surface area contributed by atoms with Crippen LogP contribution in [0.1, 0.15) is 43.7 Å². The minimum atomic E-state index is -0.0492. The molecular formula is C18H27FN2. The fraction of sp³-hybridized carbons (Fsp3) is 0.667. The molecule has 0 amide bonds. The minimum absolute atomic E-state index is 0.0492. The van der Waals surface area contributed by atoms with Gasteiger partial charge in [-0.25, -0.2) is 4.39 Å². The van der Waals surface area contributed by atoms with Crippen molar-refractivity contribution in [2.75, 3.05) is 19.6 Å². The zero-order chi connectivity index (χ0) is 14.7. The van der Waals surface area contributed by atoms with Crippen molar-refractivity contribution in [3.8, 4) is 0 Å². The lowest BCUT2D eigenvalue weighted by atomic mass is 10.1. The summed E-state index contributed by atoms with van der Waals surface area (Å²) in [4.78, 5) is 2.49. The highest BCUT2D eigenvalue weighted by atomic mass is 19.1. The van der Waals surface area contributed by atoms with Crippen molar-refractivity contribution in [2.45, 2.75) is 45.7 Å². The van der Waals surface area contributed by atoms with Gasteiger partial charge in [-0.1, -0.05) is 19.1 Å². The number of nitrogens with zero attached hydrogens (tertiary/aromatic N) is 1. The largest absolute Gasteiger partial charge is 0.313 e. The molecule has 0 radical (unpaired) electrons. The van der Waals surface area contributed by atoms with E-state index < -0.39 is 0 Å². The van der Waals surface area contributed by atoms with Crippen LogP contribution in [0.5, 0.6) is 0 Å². The molecule has 0 spiro atoms. The standard InChI is InChI=1S/C18H27FN2/c1-2-20-10-16-7-8-18(19)17(9-16)13-21(11-14-3-4-14)12-15-5-6-15/h7-9,14-15,20H,2-6,10-13H2,1H3. The van der Waals surface area contributed by atoms with Gasteiger partial charge in [-0.05, 0) is 55.7 Å². The smallest absolute Gasteiger partial charge is 0.127 e. The maximum Gasteiger partial charge on any atom is 0.127 e. The Labute approximate surface area is 127 Å². The number of hydrogen-bond donors (Lipinski definition) is 1. The van der Waals surface area contributed by atoms with Gasteiger partial charge in [-0.3, -0.25) is 4.90 Å². The molecule has 3 heteroatoms. The Bertz CT molecular complexity index is 452. The number of hydrogen-bond acceptors (Lipinski definition) is 2. The third-order valence-electron chi connectivity index (χ3n) is 4.51. The summed E-state index contributed by atoms with van der Waals surface area (Å²) in [7, 11) is 0. The van der Waals surface area contributed by atoms with Crippen molar-refractivity contribution in [2.24, 2.45) is 11.8 Å². The van der Waals surface area contributed by atoms with Gasteiger partial charge in [0.25, 0.3) is 0 Å². The van der Waals surface area contributed by atoms with Crippen molar-refractivity contribution < 1.29 is 4.39 Å². The summed E-state index contributed by atoms with van der Waals surface area (Å²) in [5.74, 6) is 1.69. The quantitative estimate of drug-likeness (QED) is 0.748. The third-order valence-corrected chi connectivity index (χ3v) is 4.51. The first-order chi connectivity index (χ1) is 10.2. The van der Waals surface area contributed by atoms with Gasteiger partial charge >= 0.3 is 0 Å². The first-order valence-electron chi connectivity index (χ1n) is 8.45. The van der Waals surface area contributed by atoms with Crippen LogP contribution in [-0.4, -0.2) is 24.5 Å². The summed E-state index contributed by atoms with van der Waals surface area (Å²) in [5.41, 5.74) is 2.05. The Morgan fingerprint density at radius 2 is 1.81 bits per heavy atom. The molecule has 116 valence electrons. The first-order valence-corrected chi connectivity index (χ1v) is 8.45. The monoisotopic (exact) mass is 290 g/mol. The van der Waals surface area contributed by atoms with E-state index in [4.69, 9.17) is 0 Å². The highest BCUT2D eigenvalue weighted by Gasteiger charge is 2.29. The number of nitrogens with one attached hydrogen (secondary N) is 1. The molecular weight excluding hydrogens is 263 g/mol. The Morgan fingerprint density at radius 1 is 1.14 bits per heavy atom. The van der Waals surface area contributed by atoms with Crippen LogP contribution in [0.2, 0.25) is 0 Å². The third kappa shape index (κ3) is 4.79. The van der Waals surface area contributed by atoms with Gasteiger partial charge in [0, 0.05) is 31.7 Å². The van der Waals surface area contributed by atoms with Crippen molar-refractivity contribution in [1.29, 1.82) is 0 Å². The molecule has 0 atom stereocenters. The van der Waals surface area contributed by atoms with Gasteiger partial charge < -0.3 is 5.32 Å². The van der Waals surface area contributed by atoms with Crippen LogP contribution in [0.3, 0.4) is 0 Å². The minimum Gasteiger partial charge on any atom is -0.313 e. The van der Waals surface area contributed by atoms with E-state index in [9.17, 15) is 4.39 Å². The fourth-order valence-electron chi connectivity index (χ4n) is 2.90. The van der Waals surface area contributed by atoms with Crippen molar-refractivity contribution >= 4 is 0 Å². The molecule has 2 aliphatic rings. The zero-order valence-electron chi connectivity index (χ0n) is 13.1. The predicted molar refractivity (Wildman–Crippen MR) is 84.5 cm³/mol. The lowest BCUT2D eigenvalue weighted by Crippen LogP contribution is -2.28. The molecule has 0 aliphatic heterocycles. The van der Waals surface area contributed by atoms with Gasteiger partial charge in [0.1, 0.15) is 5.82 Å². The summed E-state index contributed by atoms with van der Waals surface area (Å²) in [5, 5.41) is 3.31. The Balaban J connectivity index is 1.64. The van der Waals surface area contributed by atoms with Gasteiger partial charge in [0.05, 0.1) is 0 Å². The molecule has 1 aromatic rings. The first kappa shape index (κ1) is 15.0. The molecule has 0 saturated heterocycles. The van der Waals surface area contributed by atoms with Crippen LogP contribution in [0.25, 0.3) is 0 Å². The van der Waals surface area contributed by atoms with Gasteiger partial charge in [0.15, 0.2) is 0 Å². The Morgan fingerprint density at radius 3 is 2.38 bits per heavy atom. The number of rotatable bonds is 9. The molecule has 2 saturated carbocycles. The molecule has 0 unspecified atom stereocenters. The highest BCUT2D eigenvalue weighted by molar-refractivity contribution is 5.25. The second-order valence-corrected chi connectivity index (χ2v) is 6.79. The van der Waals surface area contributed by atoms with E-state index in [0.717, 1.165) is 50.1 Å². The molecule has 2 fully saturated rings. The van der Waals surface area contributed by atoms with Gasteiger partial charge in [-0.15, -0.1) is 0 Å². The molecule has 21 heavy (non-hydrogen) atoms. The van der Waals surface area contributed by atoms with Crippen molar-refractivity contribution in [3.63, 3.8) is 0 Å². The summed E-state index contributed by atoms with van der Waals surface area (Å²) < 4.78 is 14.1. The second-order valence-electron chi connectivity index (χ2n) is 6.79. The van der Waals surface area contributed by atoms with Crippen LogP contribution >= 0.6 is 0 Å². The fourth-order valence-corrected chi connectivity index (χ4v) is 2.90. The molecule has 2 nitrogen and oxygen atoms in total. The summed E-state index contributed by atoms with van der Waals surface area (Å²) in [6.07, 6.45) is 5.46. The average Bonchev–Trinajstić information content (AvgIpc) is 3.36. The van der Waals surface area contributed by atoms with E-state index in [1.165, 1.54) is 31.2 Å². The van der Waals surface area contributed by atoms with E-state index in [2.05, 4.69) is 17.1 Å². The van der Waals surface area contributed by atoms with E-state index in [1.807, 2.05) is 12.1 Å². The SMILES string of the molecule is CCNCc1ccc(F)c(CN(CC2CC2)CC2CC2)c1. The second kappa shape index (κ2) is 6.89. The summed E-state index contributed by atoms with van der Waals surface area (Å²) in [6, 6.07) is 5.58. The molecule has 1 N–H and O–H groups in total. The normalized spacial score (nSPS) is 18.4. The van der Waals surface area contributed by atoms with Crippen LogP contribution in [0.4, 0.5) is 4.39 Å². The molecule has 2 aliphatic carbocycles. The molecule has 0 aromatic heterocycles. The van der Waals surface area contributed by atoms with E-state index in [-0.39, 0.29) is 5.82 Å². The number of halogens is 1. The van der Waals surface area contributed by atoms with Crippen LogP contribution < -0.4 is 5.32 Å². The van der Waals surface area contributed by atoms with E-state index in [1.54, 1.807) is 6.07 Å². The summed E-state index contributed by atoms with van der Waals surface area (Å²) in [6.45, 7) is 6.97. The van der Waals surface area contributed by atoms with Crippen molar-refractivity contribution in [1.82, 2.24) is 10.2 Å². The van der Waals surface area contributed by atoms with Crippen LogP contribution in [0, 0.1) is 17.7 Å². The lowest BCUT2D eigenvalue weighted by Gasteiger charge is -2.23. The molecule has 1 aromatic carbocycles. The summed E-state index contributed by atoms with van der Waals surface area (Å²) >= 11 is 0.